The van der Waals surface area contributed by atoms with E-state index in [1.807, 2.05) is 6.26 Å². The molecule has 0 spiro atoms. The van der Waals surface area contributed by atoms with E-state index in [-0.39, 0.29) is 24.3 Å². The van der Waals surface area contributed by atoms with Crippen molar-refractivity contribution in [1.29, 1.82) is 0 Å². The molecule has 18 heavy (non-hydrogen) atoms. The van der Waals surface area contributed by atoms with Crippen LogP contribution in [0.25, 0.3) is 0 Å². The number of ether oxygens (including phenoxy) is 1. The van der Waals surface area contributed by atoms with Crippen molar-refractivity contribution in [3.8, 4) is 0 Å². The molecule has 3 N–H and O–H groups in total. The fraction of sp³-hybridized carbons (Fsp3) is 0.818. The number of hydrogen-bond acceptors (Lipinski definition) is 5. The van der Waals surface area contributed by atoms with Crippen molar-refractivity contribution in [2.24, 2.45) is 5.73 Å². The number of thioether (sulfide) groups is 1. The van der Waals surface area contributed by atoms with Gasteiger partial charge >= 0.3 is 5.97 Å². The Hall–Kier alpha value is -0.460. The zero-order valence-electron chi connectivity index (χ0n) is 10.9. The lowest BCUT2D eigenvalue weighted by Gasteiger charge is -2.11. The van der Waals surface area contributed by atoms with Crippen LogP contribution in [0.5, 0.6) is 0 Å². The number of hydrogen-bond donors (Lipinski definition) is 2. The zero-order chi connectivity index (χ0) is 13.1. The molecule has 0 aliphatic carbocycles. The van der Waals surface area contributed by atoms with Gasteiger partial charge in [0.25, 0.3) is 0 Å². The van der Waals surface area contributed by atoms with E-state index in [1.165, 1.54) is 0 Å². The fourth-order valence-electron chi connectivity index (χ4n) is 1.18. The molecule has 1 atom stereocenters. The van der Waals surface area contributed by atoms with E-state index in [4.69, 9.17) is 10.5 Å². The monoisotopic (exact) mass is 298 g/mol. The summed E-state index contributed by atoms with van der Waals surface area (Å²) in [5.41, 5.74) is 5.68. The Labute approximate surface area is 119 Å². The number of esters is 1. The third-order valence-corrected chi connectivity index (χ3v) is 2.78. The fourth-order valence-corrected chi connectivity index (χ4v) is 1.67. The van der Waals surface area contributed by atoms with Crippen LogP contribution in [0.2, 0.25) is 0 Å². The number of amides is 1. The molecule has 0 saturated heterocycles. The first-order chi connectivity index (χ1) is 8.11. The summed E-state index contributed by atoms with van der Waals surface area (Å²) in [7, 11) is 0. The Morgan fingerprint density at radius 1 is 1.44 bits per heavy atom. The molecule has 0 aliphatic rings. The molecule has 0 saturated carbocycles. The highest BCUT2D eigenvalue weighted by atomic mass is 35.5. The zero-order valence-corrected chi connectivity index (χ0v) is 12.6. The Morgan fingerprint density at radius 3 is 2.67 bits per heavy atom. The second-order valence-corrected chi connectivity index (χ2v) is 4.57. The average Bonchev–Trinajstić information content (AvgIpc) is 2.31. The van der Waals surface area contributed by atoms with E-state index >= 15 is 0 Å². The van der Waals surface area contributed by atoms with Gasteiger partial charge in [-0.05, 0) is 31.8 Å². The third kappa shape index (κ3) is 10.7. The first-order valence-corrected chi connectivity index (χ1v) is 7.19. The number of nitrogens with two attached hydrogens (primary N) is 1. The highest BCUT2D eigenvalue weighted by Gasteiger charge is 2.12. The van der Waals surface area contributed by atoms with Gasteiger partial charge in [-0.2, -0.15) is 11.8 Å². The van der Waals surface area contributed by atoms with Gasteiger partial charge in [-0.3, -0.25) is 9.59 Å². The van der Waals surface area contributed by atoms with Crippen molar-refractivity contribution in [3.63, 3.8) is 0 Å². The quantitative estimate of drug-likeness (QED) is 0.489. The predicted molar refractivity (Wildman–Crippen MR) is 77.1 cm³/mol. The maximum Gasteiger partial charge on any atom is 0.305 e. The number of carbonyl (C=O) groups excluding carboxylic acids is 2. The first-order valence-electron chi connectivity index (χ1n) is 5.79. The summed E-state index contributed by atoms with van der Waals surface area (Å²) in [6.07, 6.45) is 3.56. The van der Waals surface area contributed by atoms with Gasteiger partial charge in [-0.25, -0.2) is 0 Å². The van der Waals surface area contributed by atoms with Crippen LogP contribution in [-0.2, 0) is 14.3 Å². The molecule has 0 unspecified atom stereocenters. The van der Waals surface area contributed by atoms with Crippen molar-refractivity contribution in [2.45, 2.75) is 32.2 Å². The van der Waals surface area contributed by atoms with Crippen molar-refractivity contribution in [3.05, 3.63) is 0 Å². The minimum Gasteiger partial charge on any atom is -0.466 e. The molecule has 0 aromatic heterocycles. The molecule has 0 aromatic carbocycles. The molecule has 1 amide bonds. The molecule has 0 fully saturated rings. The highest BCUT2D eigenvalue weighted by molar-refractivity contribution is 7.98. The summed E-state index contributed by atoms with van der Waals surface area (Å²) in [5.74, 6) is 0.494. The minimum atomic E-state index is -0.454. The van der Waals surface area contributed by atoms with E-state index in [9.17, 15) is 9.59 Å². The topological polar surface area (TPSA) is 81.4 Å². The van der Waals surface area contributed by atoms with Gasteiger partial charge in [0, 0.05) is 13.0 Å². The van der Waals surface area contributed by atoms with Gasteiger partial charge in [0.05, 0.1) is 12.6 Å². The predicted octanol–water partition coefficient (Wildman–Crippen LogP) is 0.948. The molecule has 0 radical (unpaired) electrons. The highest BCUT2D eigenvalue weighted by Crippen LogP contribution is 1.99. The van der Waals surface area contributed by atoms with Crippen molar-refractivity contribution in [2.75, 3.05) is 25.2 Å². The summed E-state index contributed by atoms with van der Waals surface area (Å²) in [5, 5.41) is 2.71. The molecule has 5 nitrogen and oxygen atoms in total. The van der Waals surface area contributed by atoms with Crippen LogP contribution in [0.3, 0.4) is 0 Å². The number of rotatable bonds is 9. The Bertz CT molecular complexity index is 242. The molecule has 0 rings (SSSR count). The van der Waals surface area contributed by atoms with Gasteiger partial charge in [0.2, 0.25) is 5.91 Å². The van der Waals surface area contributed by atoms with Gasteiger partial charge < -0.3 is 15.8 Å². The smallest absolute Gasteiger partial charge is 0.305 e. The lowest BCUT2D eigenvalue weighted by molar-refractivity contribution is -0.143. The Kier molecular flexibility index (Phi) is 14.3. The molecular formula is C11H23ClN2O3S. The van der Waals surface area contributed by atoms with Crippen LogP contribution in [0.1, 0.15) is 26.2 Å². The van der Waals surface area contributed by atoms with Crippen molar-refractivity contribution < 1.29 is 14.3 Å². The van der Waals surface area contributed by atoms with Gasteiger partial charge in [-0.1, -0.05) is 0 Å². The standard InChI is InChI=1S/C11H22N2O3S.ClH/c1-3-16-10(14)5-4-7-13-11(15)9(12)6-8-17-2;/h9H,3-8,12H2,1-2H3,(H,13,15);1H/t9-;/m0./s1. The van der Waals surface area contributed by atoms with Gasteiger partial charge in [0.1, 0.15) is 0 Å². The van der Waals surface area contributed by atoms with Crippen molar-refractivity contribution >= 4 is 36.0 Å². The summed E-state index contributed by atoms with van der Waals surface area (Å²) < 4.78 is 4.77. The molecule has 0 heterocycles. The largest absolute Gasteiger partial charge is 0.466 e. The van der Waals surface area contributed by atoms with Crippen LogP contribution in [-0.4, -0.2) is 43.1 Å². The molecule has 0 bridgehead atoms. The summed E-state index contributed by atoms with van der Waals surface area (Å²) >= 11 is 1.66. The third-order valence-electron chi connectivity index (χ3n) is 2.13. The molecule has 0 aliphatic heterocycles. The lowest BCUT2D eigenvalue weighted by Crippen LogP contribution is -2.41. The van der Waals surface area contributed by atoms with Crippen molar-refractivity contribution in [1.82, 2.24) is 5.32 Å². The lowest BCUT2D eigenvalue weighted by atomic mass is 10.2. The van der Waals surface area contributed by atoms with Gasteiger partial charge in [-0.15, -0.1) is 12.4 Å². The van der Waals surface area contributed by atoms with Crippen LogP contribution in [0, 0.1) is 0 Å². The molecular weight excluding hydrogens is 276 g/mol. The normalized spacial score (nSPS) is 11.3. The maximum absolute atomic E-state index is 11.5. The van der Waals surface area contributed by atoms with Crippen LogP contribution < -0.4 is 11.1 Å². The average molecular weight is 299 g/mol. The summed E-state index contributed by atoms with van der Waals surface area (Å²) in [6, 6.07) is -0.454. The van der Waals surface area contributed by atoms with Crippen LogP contribution >= 0.6 is 24.2 Å². The van der Waals surface area contributed by atoms with Crippen LogP contribution in [0.15, 0.2) is 0 Å². The second kappa shape index (κ2) is 13.0. The first kappa shape index (κ1) is 19.9. The van der Waals surface area contributed by atoms with E-state index in [0.717, 1.165) is 5.75 Å². The van der Waals surface area contributed by atoms with E-state index in [2.05, 4.69) is 5.32 Å². The molecule has 7 heteroatoms. The van der Waals surface area contributed by atoms with Gasteiger partial charge in [0.15, 0.2) is 0 Å². The van der Waals surface area contributed by atoms with E-state index in [0.29, 0.717) is 32.4 Å². The Balaban J connectivity index is 0. The summed E-state index contributed by atoms with van der Waals surface area (Å²) in [4.78, 5) is 22.5. The number of nitrogens with one attached hydrogen (secondary N) is 1. The number of carbonyl (C=O) groups is 2. The minimum absolute atomic E-state index is 0. The Morgan fingerprint density at radius 2 is 2.11 bits per heavy atom. The molecule has 0 aromatic rings. The second-order valence-electron chi connectivity index (χ2n) is 3.59. The number of halogens is 1. The molecule has 108 valence electrons. The van der Waals surface area contributed by atoms with E-state index in [1.54, 1.807) is 18.7 Å². The summed E-state index contributed by atoms with van der Waals surface area (Å²) in [6.45, 7) is 2.62. The van der Waals surface area contributed by atoms with Crippen LogP contribution in [0.4, 0.5) is 0 Å². The maximum atomic E-state index is 11.5. The SMILES string of the molecule is CCOC(=O)CCCNC(=O)[C@@H](N)CCSC.Cl. The van der Waals surface area contributed by atoms with E-state index < -0.39 is 6.04 Å².